The molecule has 0 atom stereocenters. The van der Waals surface area contributed by atoms with E-state index in [1.54, 1.807) is 35.9 Å². The Kier molecular flexibility index (Phi) is 4.21. The summed E-state index contributed by atoms with van der Waals surface area (Å²) < 4.78 is 25.7. The topological polar surface area (TPSA) is 79.4 Å². The lowest BCUT2D eigenvalue weighted by Gasteiger charge is -2.09. The Hall–Kier alpha value is -3.88. The normalized spacial score (nSPS) is 11.7. The van der Waals surface area contributed by atoms with Crippen molar-refractivity contribution >= 4 is 16.9 Å². The predicted molar refractivity (Wildman–Crippen MR) is 113 cm³/mol. The highest BCUT2D eigenvalue weighted by atomic mass is 19.1. The maximum atomic E-state index is 14.2. The molecule has 0 N–H and O–H groups in total. The van der Waals surface area contributed by atoms with E-state index < -0.39 is 17.1 Å². The number of hydrogen-bond donors (Lipinski definition) is 0. The smallest absolute Gasteiger partial charge is 0.332 e. The molecule has 5 rings (SSSR count). The molecule has 0 amide bonds. The van der Waals surface area contributed by atoms with Gasteiger partial charge in [-0.25, -0.2) is 9.18 Å². The van der Waals surface area contributed by atoms with Crippen LogP contribution in [0.4, 0.5) is 4.39 Å². The van der Waals surface area contributed by atoms with Gasteiger partial charge in [0.1, 0.15) is 11.6 Å². The first kappa shape index (κ1) is 19.1. The molecule has 0 radical (unpaired) electrons. The molecule has 0 aliphatic heterocycles. The summed E-state index contributed by atoms with van der Waals surface area (Å²) in [5, 5.41) is 0. The molecule has 0 saturated carbocycles. The van der Waals surface area contributed by atoms with E-state index in [0.29, 0.717) is 12.3 Å². The highest BCUT2D eigenvalue weighted by molar-refractivity contribution is 5.76. The average Bonchev–Trinajstić information content (AvgIpc) is 3.46. The number of aromatic nitrogens is 5. The van der Waals surface area contributed by atoms with Crippen LogP contribution in [0.2, 0.25) is 0 Å². The van der Waals surface area contributed by atoms with Gasteiger partial charge in [-0.2, -0.15) is 4.98 Å². The standard InChI is InChI=1S/C22H20FN5O3/c1-13-14(2)28-18-19(24-21(28)26(13)12-16-8-6-10-31-16)25(3)22(30)27(20(18)29)11-15-7-4-5-9-17(15)23/h4-10H,11-12H2,1-3H3. The summed E-state index contributed by atoms with van der Waals surface area (Å²) in [4.78, 5) is 31.0. The molecule has 0 spiro atoms. The Morgan fingerprint density at radius 3 is 2.48 bits per heavy atom. The van der Waals surface area contributed by atoms with Crippen LogP contribution in [0.3, 0.4) is 0 Å². The fourth-order valence-electron chi connectivity index (χ4n) is 4.00. The SMILES string of the molecule is Cc1c(C)n2c3c(=O)n(Cc4ccccc4F)c(=O)n(C)c3nc2n1Cc1ccco1. The third kappa shape index (κ3) is 2.77. The number of rotatable bonds is 4. The van der Waals surface area contributed by atoms with Crippen LogP contribution < -0.4 is 11.2 Å². The number of fused-ring (bicyclic) bond motifs is 3. The van der Waals surface area contributed by atoms with Crippen LogP contribution in [0, 0.1) is 19.7 Å². The van der Waals surface area contributed by atoms with Crippen LogP contribution in [0.25, 0.3) is 16.9 Å². The summed E-state index contributed by atoms with van der Waals surface area (Å²) in [6.45, 7) is 4.12. The molecule has 5 aromatic rings. The van der Waals surface area contributed by atoms with E-state index in [2.05, 4.69) is 4.98 Å². The molecule has 4 heterocycles. The van der Waals surface area contributed by atoms with Crippen molar-refractivity contribution in [3.63, 3.8) is 0 Å². The fraction of sp³-hybridized carbons (Fsp3) is 0.227. The van der Waals surface area contributed by atoms with Gasteiger partial charge in [-0.15, -0.1) is 0 Å². The Morgan fingerprint density at radius 2 is 1.77 bits per heavy atom. The summed E-state index contributed by atoms with van der Waals surface area (Å²) in [5.41, 5.74) is 1.54. The molecule has 0 aliphatic rings. The minimum Gasteiger partial charge on any atom is -0.467 e. The fourth-order valence-corrected chi connectivity index (χ4v) is 4.00. The third-order valence-electron chi connectivity index (χ3n) is 5.81. The molecular weight excluding hydrogens is 401 g/mol. The zero-order chi connectivity index (χ0) is 21.9. The zero-order valence-corrected chi connectivity index (χ0v) is 17.3. The highest BCUT2D eigenvalue weighted by Gasteiger charge is 2.23. The van der Waals surface area contributed by atoms with Crippen molar-refractivity contribution in [3.05, 3.63) is 92.0 Å². The minimum absolute atomic E-state index is 0.160. The Morgan fingerprint density at radius 1 is 1.00 bits per heavy atom. The maximum Gasteiger partial charge on any atom is 0.332 e. The highest BCUT2D eigenvalue weighted by Crippen LogP contribution is 2.22. The van der Waals surface area contributed by atoms with E-state index >= 15 is 0 Å². The van der Waals surface area contributed by atoms with Crippen molar-refractivity contribution < 1.29 is 8.81 Å². The van der Waals surface area contributed by atoms with Crippen molar-refractivity contribution in [2.75, 3.05) is 0 Å². The van der Waals surface area contributed by atoms with Crippen LogP contribution >= 0.6 is 0 Å². The molecule has 0 bridgehead atoms. The van der Waals surface area contributed by atoms with Gasteiger partial charge in [0.25, 0.3) is 5.56 Å². The third-order valence-corrected chi connectivity index (χ3v) is 5.81. The van der Waals surface area contributed by atoms with E-state index in [1.807, 2.05) is 30.5 Å². The van der Waals surface area contributed by atoms with Crippen LogP contribution in [0.1, 0.15) is 22.7 Å². The molecular formula is C22H20FN5O3. The average molecular weight is 421 g/mol. The van der Waals surface area contributed by atoms with Gasteiger partial charge in [-0.05, 0) is 32.0 Å². The predicted octanol–water partition coefficient (Wildman–Crippen LogP) is 2.59. The number of nitrogens with zero attached hydrogens (tertiary/aromatic N) is 5. The van der Waals surface area contributed by atoms with E-state index in [1.165, 1.54) is 10.6 Å². The Bertz CT molecular complexity index is 1570. The largest absolute Gasteiger partial charge is 0.467 e. The summed E-state index contributed by atoms with van der Waals surface area (Å²) in [5.74, 6) is 0.822. The van der Waals surface area contributed by atoms with Gasteiger partial charge in [-0.1, -0.05) is 18.2 Å². The summed E-state index contributed by atoms with van der Waals surface area (Å²) >= 11 is 0. The lowest BCUT2D eigenvalue weighted by molar-refractivity contribution is 0.494. The molecule has 0 aliphatic carbocycles. The molecule has 0 fully saturated rings. The first-order chi connectivity index (χ1) is 14.9. The molecule has 1 aromatic carbocycles. The van der Waals surface area contributed by atoms with Crippen molar-refractivity contribution in [1.29, 1.82) is 0 Å². The monoisotopic (exact) mass is 421 g/mol. The summed E-state index contributed by atoms with van der Waals surface area (Å²) in [6, 6.07) is 9.79. The summed E-state index contributed by atoms with van der Waals surface area (Å²) in [7, 11) is 1.56. The molecule has 158 valence electrons. The number of hydrogen-bond acceptors (Lipinski definition) is 4. The number of benzene rings is 1. The number of aryl methyl sites for hydroxylation is 2. The number of halogens is 1. The van der Waals surface area contributed by atoms with Crippen molar-refractivity contribution in [2.24, 2.45) is 7.05 Å². The van der Waals surface area contributed by atoms with Gasteiger partial charge in [0.15, 0.2) is 11.2 Å². The molecule has 4 aromatic heterocycles. The maximum absolute atomic E-state index is 14.2. The molecule has 9 heteroatoms. The quantitative estimate of drug-likeness (QED) is 0.447. The van der Waals surface area contributed by atoms with Gasteiger partial charge in [0, 0.05) is 24.0 Å². The van der Waals surface area contributed by atoms with Crippen LogP contribution in [-0.4, -0.2) is 23.1 Å². The van der Waals surface area contributed by atoms with Gasteiger partial charge >= 0.3 is 5.69 Å². The van der Waals surface area contributed by atoms with Gasteiger partial charge in [-0.3, -0.25) is 18.3 Å². The minimum atomic E-state index is -0.548. The van der Waals surface area contributed by atoms with Crippen molar-refractivity contribution in [1.82, 2.24) is 23.1 Å². The first-order valence-corrected chi connectivity index (χ1v) is 9.82. The molecule has 0 unspecified atom stereocenters. The van der Waals surface area contributed by atoms with Crippen LogP contribution in [0.15, 0.2) is 56.7 Å². The van der Waals surface area contributed by atoms with E-state index in [9.17, 15) is 14.0 Å². The van der Waals surface area contributed by atoms with Crippen molar-refractivity contribution in [3.8, 4) is 0 Å². The second-order valence-electron chi connectivity index (χ2n) is 7.58. The molecule has 8 nitrogen and oxygen atoms in total. The van der Waals surface area contributed by atoms with Crippen LogP contribution in [0.5, 0.6) is 0 Å². The lowest BCUT2D eigenvalue weighted by atomic mass is 10.2. The number of imidazole rings is 2. The lowest BCUT2D eigenvalue weighted by Crippen LogP contribution is -2.39. The second-order valence-corrected chi connectivity index (χ2v) is 7.58. The van der Waals surface area contributed by atoms with Gasteiger partial charge < -0.3 is 8.98 Å². The van der Waals surface area contributed by atoms with Crippen molar-refractivity contribution in [2.45, 2.75) is 26.9 Å². The second kappa shape index (κ2) is 6.83. The Balaban J connectivity index is 1.79. The van der Waals surface area contributed by atoms with Gasteiger partial charge in [0.2, 0.25) is 5.78 Å². The van der Waals surface area contributed by atoms with E-state index in [4.69, 9.17) is 4.42 Å². The molecule has 31 heavy (non-hydrogen) atoms. The first-order valence-electron chi connectivity index (χ1n) is 9.82. The van der Waals surface area contributed by atoms with Gasteiger partial charge in [0.05, 0.1) is 19.4 Å². The molecule has 0 saturated heterocycles. The zero-order valence-electron chi connectivity index (χ0n) is 17.3. The Labute approximate surface area is 175 Å². The van der Waals surface area contributed by atoms with E-state index in [-0.39, 0.29) is 23.3 Å². The number of furan rings is 1. The summed E-state index contributed by atoms with van der Waals surface area (Å²) in [6.07, 6.45) is 1.60. The van der Waals surface area contributed by atoms with Crippen LogP contribution in [-0.2, 0) is 20.1 Å². The van der Waals surface area contributed by atoms with E-state index in [0.717, 1.165) is 21.7 Å².